The quantitative estimate of drug-likeness (QED) is 0.875. The lowest BCUT2D eigenvalue weighted by Crippen LogP contribution is -2.29. The van der Waals surface area contributed by atoms with E-state index in [-0.39, 0.29) is 11.3 Å². The van der Waals surface area contributed by atoms with Crippen LogP contribution in [-0.2, 0) is 4.79 Å². The Morgan fingerprint density at radius 3 is 2.59 bits per heavy atom. The molecule has 1 amide bonds. The predicted molar refractivity (Wildman–Crippen MR) is 105 cm³/mol. The van der Waals surface area contributed by atoms with E-state index in [0.717, 1.165) is 31.0 Å². The zero-order valence-electron chi connectivity index (χ0n) is 16.1. The second-order valence-electron chi connectivity index (χ2n) is 7.87. The number of carbonyl (C=O) groups is 1. The zero-order chi connectivity index (χ0) is 19.4. The molecule has 2 aromatic rings. The molecule has 1 N–H and O–H groups in total. The van der Waals surface area contributed by atoms with Crippen LogP contribution in [0.4, 0.5) is 11.5 Å². The average molecular weight is 363 g/mol. The van der Waals surface area contributed by atoms with E-state index in [1.54, 1.807) is 6.07 Å². The number of amides is 1. The minimum Gasteiger partial charge on any atom is -0.355 e. The Morgan fingerprint density at radius 2 is 2.00 bits per heavy atom. The minimum atomic E-state index is -0.114. The van der Waals surface area contributed by atoms with Gasteiger partial charge in [0.05, 0.1) is 0 Å². The van der Waals surface area contributed by atoms with Gasteiger partial charge in [-0.25, -0.2) is 0 Å². The van der Waals surface area contributed by atoms with Crippen LogP contribution in [0.5, 0.6) is 0 Å². The summed E-state index contributed by atoms with van der Waals surface area (Å²) in [6, 6.07) is 13.5. The van der Waals surface area contributed by atoms with Gasteiger partial charge in [-0.05, 0) is 47.6 Å². The molecule has 27 heavy (non-hydrogen) atoms. The highest BCUT2D eigenvalue weighted by molar-refractivity contribution is 5.91. The Labute approximate surface area is 160 Å². The van der Waals surface area contributed by atoms with Crippen LogP contribution < -0.4 is 10.2 Å². The van der Waals surface area contributed by atoms with Gasteiger partial charge in [-0.3, -0.25) is 4.79 Å². The number of aromatic nitrogens is 2. The lowest BCUT2D eigenvalue weighted by Gasteiger charge is -2.24. The molecule has 140 valence electrons. The van der Waals surface area contributed by atoms with E-state index in [9.17, 15) is 4.79 Å². The summed E-state index contributed by atoms with van der Waals surface area (Å²) in [5, 5.41) is 19.8. The first-order valence-corrected chi connectivity index (χ1v) is 9.27. The molecule has 0 saturated carbocycles. The van der Waals surface area contributed by atoms with Crippen LogP contribution in [-0.4, -0.2) is 29.2 Å². The molecular weight excluding hydrogens is 338 g/mol. The molecule has 0 bridgehead atoms. The topological polar surface area (TPSA) is 81.9 Å². The number of hydrogen-bond donors (Lipinski definition) is 1. The maximum Gasteiger partial charge on any atom is 0.224 e. The Balaban J connectivity index is 1.58. The van der Waals surface area contributed by atoms with Gasteiger partial charge in [-0.1, -0.05) is 32.9 Å². The largest absolute Gasteiger partial charge is 0.355 e. The van der Waals surface area contributed by atoms with Crippen LogP contribution in [0.2, 0.25) is 0 Å². The van der Waals surface area contributed by atoms with E-state index in [1.807, 2.05) is 24.3 Å². The van der Waals surface area contributed by atoms with Crippen molar-refractivity contribution in [2.24, 2.45) is 5.41 Å². The third-order valence-corrected chi connectivity index (χ3v) is 5.10. The first-order valence-electron chi connectivity index (χ1n) is 9.27. The molecule has 0 radical (unpaired) electrons. The highest BCUT2D eigenvalue weighted by Gasteiger charge is 2.36. The first kappa shape index (κ1) is 18.8. The summed E-state index contributed by atoms with van der Waals surface area (Å²) in [4.78, 5) is 14.6. The van der Waals surface area contributed by atoms with Crippen LogP contribution in [0.25, 0.3) is 0 Å². The fraction of sp³-hybridized carbons (Fsp3) is 0.429. The van der Waals surface area contributed by atoms with E-state index < -0.39 is 0 Å². The molecule has 6 nitrogen and oxygen atoms in total. The van der Waals surface area contributed by atoms with Crippen molar-refractivity contribution in [1.82, 2.24) is 10.2 Å². The van der Waals surface area contributed by atoms with Gasteiger partial charge in [-0.15, -0.1) is 10.2 Å². The lowest BCUT2D eigenvalue weighted by atomic mass is 9.85. The standard InChI is InChI=1S/C21H25N5O/c1-15(2)16-4-6-17(7-5-16)23-20(27)12-21(3)10-11-26(14-21)19-9-8-18(13-22)24-25-19/h4-9,15H,10-12,14H2,1-3H3,(H,23,27)/t21-/m1/s1. The molecule has 1 saturated heterocycles. The van der Waals surface area contributed by atoms with E-state index in [0.29, 0.717) is 18.0 Å². The van der Waals surface area contributed by atoms with Crippen LogP contribution in [0.3, 0.4) is 0 Å². The smallest absolute Gasteiger partial charge is 0.224 e. The molecule has 3 rings (SSSR count). The van der Waals surface area contributed by atoms with Crippen LogP contribution in [0, 0.1) is 16.7 Å². The average Bonchev–Trinajstić information content (AvgIpc) is 3.03. The van der Waals surface area contributed by atoms with Crippen LogP contribution in [0.1, 0.15) is 50.8 Å². The van der Waals surface area contributed by atoms with Crippen molar-refractivity contribution >= 4 is 17.4 Å². The van der Waals surface area contributed by atoms with Gasteiger partial charge in [0, 0.05) is 25.2 Å². The minimum absolute atomic E-state index is 0.0301. The molecule has 1 aliphatic rings. The van der Waals surface area contributed by atoms with Gasteiger partial charge >= 0.3 is 0 Å². The van der Waals surface area contributed by atoms with Crippen molar-refractivity contribution in [3.8, 4) is 6.07 Å². The van der Waals surface area contributed by atoms with Crippen molar-refractivity contribution in [3.05, 3.63) is 47.7 Å². The Kier molecular flexibility index (Phi) is 5.41. The number of nitriles is 1. The Hall–Kier alpha value is -2.94. The molecular formula is C21H25N5O. The van der Waals surface area contributed by atoms with Crippen molar-refractivity contribution in [2.45, 2.75) is 39.5 Å². The summed E-state index contributed by atoms with van der Waals surface area (Å²) < 4.78 is 0. The normalized spacial score (nSPS) is 19.1. The number of rotatable bonds is 5. The molecule has 2 heterocycles. The molecule has 1 aromatic heterocycles. The van der Waals surface area contributed by atoms with Gasteiger partial charge in [0.25, 0.3) is 0 Å². The van der Waals surface area contributed by atoms with Crippen LogP contribution >= 0.6 is 0 Å². The van der Waals surface area contributed by atoms with Crippen molar-refractivity contribution < 1.29 is 4.79 Å². The van der Waals surface area contributed by atoms with E-state index in [1.165, 1.54) is 5.56 Å². The number of hydrogen-bond acceptors (Lipinski definition) is 5. The number of carbonyl (C=O) groups excluding carboxylic acids is 1. The lowest BCUT2D eigenvalue weighted by molar-refractivity contribution is -0.118. The van der Waals surface area contributed by atoms with Gasteiger partial charge in [0.15, 0.2) is 11.5 Å². The number of anilines is 2. The fourth-order valence-electron chi connectivity index (χ4n) is 3.46. The third kappa shape index (κ3) is 4.62. The van der Waals surface area contributed by atoms with E-state index >= 15 is 0 Å². The molecule has 1 fully saturated rings. The highest BCUT2D eigenvalue weighted by atomic mass is 16.1. The third-order valence-electron chi connectivity index (χ3n) is 5.10. The maximum atomic E-state index is 12.5. The number of nitrogens with one attached hydrogen (secondary N) is 1. The first-order chi connectivity index (χ1) is 12.9. The monoisotopic (exact) mass is 363 g/mol. The Morgan fingerprint density at radius 1 is 1.26 bits per heavy atom. The summed E-state index contributed by atoms with van der Waals surface area (Å²) in [5.74, 6) is 1.26. The second-order valence-corrected chi connectivity index (χ2v) is 7.87. The van der Waals surface area contributed by atoms with Gasteiger partial charge < -0.3 is 10.2 Å². The molecule has 0 aliphatic carbocycles. The number of benzene rings is 1. The summed E-state index contributed by atoms with van der Waals surface area (Å²) in [6.07, 6.45) is 1.37. The molecule has 1 aromatic carbocycles. The predicted octanol–water partition coefficient (Wildman–Crippen LogP) is 3.72. The summed E-state index contributed by atoms with van der Waals surface area (Å²) in [7, 11) is 0. The van der Waals surface area contributed by atoms with Crippen molar-refractivity contribution in [2.75, 3.05) is 23.3 Å². The summed E-state index contributed by atoms with van der Waals surface area (Å²) in [6.45, 7) is 8.00. The zero-order valence-corrected chi connectivity index (χ0v) is 16.1. The molecule has 1 atom stereocenters. The Bertz CT molecular complexity index is 838. The van der Waals surface area contributed by atoms with Gasteiger partial charge in [-0.2, -0.15) is 5.26 Å². The van der Waals surface area contributed by atoms with Crippen LogP contribution in [0.15, 0.2) is 36.4 Å². The second kappa shape index (κ2) is 7.75. The molecule has 0 spiro atoms. The van der Waals surface area contributed by atoms with Crippen molar-refractivity contribution in [1.29, 1.82) is 5.26 Å². The maximum absolute atomic E-state index is 12.5. The summed E-state index contributed by atoms with van der Waals surface area (Å²) >= 11 is 0. The van der Waals surface area contributed by atoms with Gasteiger partial charge in [0.2, 0.25) is 5.91 Å². The van der Waals surface area contributed by atoms with E-state index in [4.69, 9.17) is 5.26 Å². The number of nitrogens with zero attached hydrogens (tertiary/aromatic N) is 4. The molecule has 6 heteroatoms. The molecule has 0 unspecified atom stereocenters. The summed E-state index contributed by atoms with van der Waals surface area (Å²) in [5.41, 5.74) is 2.29. The van der Waals surface area contributed by atoms with Crippen molar-refractivity contribution in [3.63, 3.8) is 0 Å². The van der Waals surface area contributed by atoms with E-state index in [2.05, 4.69) is 53.3 Å². The fourth-order valence-corrected chi connectivity index (χ4v) is 3.46. The molecule has 1 aliphatic heterocycles. The van der Waals surface area contributed by atoms with Gasteiger partial charge in [0.1, 0.15) is 6.07 Å². The SMILES string of the molecule is CC(C)c1ccc(NC(=O)C[C@@]2(C)CCN(c3ccc(C#N)nn3)C2)cc1. The highest BCUT2D eigenvalue weighted by Crippen LogP contribution is 2.35.